The Bertz CT molecular complexity index is 292. The normalized spacial score (nSPS) is 25.2. The highest BCUT2D eigenvalue weighted by Crippen LogP contribution is 2.26. The van der Waals surface area contributed by atoms with Gasteiger partial charge in [-0.3, -0.25) is 0 Å². The fourth-order valence-electron chi connectivity index (χ4n) is 2.79. The first-order chi connectivity index (χ1) is 7.75. The van der Waals surface area contributed by atoms with Gasteiger partial charge in [0.05, 0.1) is 0 Å². The van der Waals surface area contributed by atoms with Crippen LogP contribution in [-0.2, 0) is 0 Å². The van der Waals surface area contributed by atoms with Crippen LogP contribution in [0.3, 0.4) is 0 Å². The van der Waals surface area contributed by atoms with Crippen molar-refractivity contribution in [3.05, 3.63) is 24.5 Å². The lowest BCUT2D eigenvalue weighted by Crippen LogP contribution is -2.19. The summed E-state index contributed by atoms with van der Waals surface area (Å²) in [6, 6.07) is 4.90. The van der Waals surface area contributed by atoms with E-state index in [0.29, 0.717) is 6.04 Å². The van der Waals surface area contributed by atoms with Crippen LogP contribution in [0.4, 0.5) is 0 Å². The Balaban J connectivity index is 1.84. The molecule has 1 aliphatic rings. The zero-order valence-corrected chi connectivity index (χ0v) is 10.6. The van der Waals surface area contributed by atoms with Crippen LogP contribution in [0.25, 0.3) is 0 Å². The van der Waals surface area contributed by atoms with Gasteiger partial charge in [-0.05, 0) is 70.8 Å². The van der Waals surface area contributed by atoms with Gasteiger partial charge >= 0.3 is 0 Å². The van der Waals surface area contributed by atoms with Crippen molar-refractivity contribution in [2.24, 2.45) is 5.92 Å². The summed E-state index contributed by atoms with van der Waals surface area (Å²) in [6.45, 7) is 4.91. The Hall–Kier alpha value is -0.760. The Morgan fingerprint density at radius 1 is 1.19 bits per heavy atom. The number of rotatable bonds is 3. The molecule has 1 fully saturated rings. The number of hydrogen-bond acceptors (Lipinski definition) is 1. The summed E-state index contributed by atoms with van der Waals surface area (Å²) in [5.74, 6) is 0.919. The molecule has 90 valence electrons. The first kappa shape index (κ1) is 11.7. The summed E-state index contributed by atoms with van der Waals surface area (Å²) in [5, 5.41) is 0. The zero-order chi connectivity index (χ0) is 11.4. The lowest BCUT2D eigenvalue weighted by Gasteiger charge is -2.20. The molecule has 2 atom stereocenters. The van der Waals surface area contributed by atoms with E-state index in [0.717, 1.165) is 5.92 Å². The van der Waals surface area contributed by atoms with Crippen molar-refractivity contribution in [2.45, 2.75) is 38.6 Å². The maximum Gasteiger partial charge on any atom is 0.0305 e. The average molecular weight is 220 g/mol. The minimum Gasteiger partial charge on any atom is -0.352 e. The molecule has 1 saturated heterocycles. The first-order valence-electron chi connectivity index (χ1n) is 6.56. The summed E-state index contributed by atoms with van der Waals surface area (Å²) in [7, 11) is 2.25. The quantitative estimate of drug-likeness (QED) is 0.759. The average Bonchev–Trinajstić information content (AvgIpc) is 2.72. The number of nitrogens with zero attached hydrogens (tertiary/aromatic N) is 2. The third-order valence-electron chi connectivity index (χ3n) is 3.88. The van der Waals surface area contributed by atoms with E-state index in [-0.39, 0.29) is 0 Å². The molecular formula is C14H24N2. The molecule has 0 amide bonds. The van der Waals surface area contributed by atoms with E-state index < -0.39 is 0 Å². The molecule has 0 aromatic carbocycles. The predicted octanol–water partition coefficient (Wildman–Crippen LogP) is 3.17. The third kappa shape index (κ3) is 3.11. The Labute approximate surface area is 99.3 Å². The first-order valence-corrected chi connectivity index (χ1v) is 6.56. The minimum atomic E-state index is 0.656. The number of hydrogen-bond donors (Lipinski definition) is 0. The molecule has 0 spiro atoms. The molecule has 16 heavy (non-hydrogen) atoms. The monoisotopic (exact) mass is 220 g/mol. The number of aromatic nitrogens is 1. The second kappa shape index (κ2) is 5.53. The predicted molar refractivity (Wildman–Crippen MR) is 68.6 cm³/mol. The smallest absolute Gasteiger partial charge is 0.0305 e. The van der Waals surface area contributed by atoms with Crippen molar-refractivity contribution in [3.8, 4) is 0 Å². The van der Waals surface area contributed by atoms with Crippen LogP contribution in [0.2, 0.25) is 0 Å². The van der Waals surface area contributed by atoms with Crippen LogP contribution in [-0.4, -0.2) is 29.6 Å². The highest BCUT2D eigenvalue weighted by atomic mass is 15.1. The summed E-state index contributed by atoms with van der Waals surface area (Å²) in [5.41, 5.74) is 0. The largest absolute Gasteiger partial charge is 0.352 e. The topological polar surface area (TPSA) is 8.17 Å². The summed E-state index contributed by atoms with van der Waals surface area (Å²) in [4.78, 5) is 2.47. The van der Waals surface area contributed by atoms with Crippen molar-refractivity contribution < 1.29 is 0 Å². The van der Waals surface area contributed by atoms with Crippen molar-refractivity contribution in [1.82, 2.24) is 9.47 Å². The second-order valence-corrected chi connectivity index (χ2v) is 5.32. The Kier molecular flexibility index (Phi) is 4.05. The van der Waals surface area contributed by atoms with Gasteiger partial charge in [0, 0.05) is 18.4 Å². The molecule has 1 aliphatic heterocycles. The maximum absolute atomic E-state index is 2.47. The van der Waals surface area contributed by atoms with Gasteiger partial charge in [-0.15, -0.1) is 0 Å². The Morgan fingerprint density at radius 2 is 1.94 bits per heavy atom. The van der Waals surface area contributed by atoms with Gasteiger partial charge in [0.1, 0.15) is 0 Å². The molecule has 0 saturated carbocycles. The fourth-order valence-corrected chi connectivity index (χ4v) is 2.79. The van der Waals surface area contributed by atoms with E-state index in [1.54, 1.807) is 0 Å². The molecule has 0 aliphatic carbocycles. The van der Waals surface area contributed by atoms with Crippen LogP contribution in [0.1, 0.15) is 38.6 Å². The second-order valence-electron chi connectivity index (χ2n) is 5.32. The molecule has 2 heteroatoms. The molecule has 1 aromatic rings. The van der Waals surface area contributed by atoms with E-state index in [4.69, 9.17) is 0 Å². The highest BCUT2D eigenvalue weighted by molar-refractivity contribution is 4.92. The van der Waals surface area contributed by atoms with Crippen LogP contribution in [0.5, 0.6) is 0 Å². The molecule has 1 aromatic heterocycles. The van der Waals surface area contributed by atoms with E-state index in [1.807, 2.05) is 0 Å². The van der Waals surface area contributed by atoms with Gasteiger partial charge in [-0.2, -0.15) is 0 Å². The van der Waals surface area contributed by atoms with Gasteiger partial charge in [-0.25, -0.2) is 0 Å². The zero-order valence-electron chi connectivity index (χ0n) is 10.6. The van der Waals surface area contributed by atoms with Gasteiger partial charge < -0.3 is 9.47 Å². The molecule has 0 radical (unpaired) electrons. The molecule has 2 heterocycles. The molecule has 2 unspecified atom stereocenters. The summed E-state index contributed by atoms with van der Waals surface area (Å²) in [6.07, 6.45) is 9.88. The SMILES string of the molecule is CC(CC1CCCN(C)CC1)n1cccc1. The van der Waals surface area contributed by atoms with Crippen molar-refractivity contribution >= 4 is 0 Å². The fraction of sp³-hybridized carbons (Fsp3) is 0.714. The lowest BCUT2D eigenvalue weighted by atomic mass is 9.93. The summed E-state index contributed by atoms with van der Waals surface area (Å²) >= 11 is 0. The van der Waals surface area contributed by atoms with Crippen molar-refractivity contribution in [2.75, 3.05) is 20.1 Å². The van der Waals surface area contributed by atoms with Crippen LogP contribution in [0, 0.1) is 5.92 Å². The van der Waals surface area contributed by atoms with E-state index in [2.05, 4.69) is 48.0 Å². The standard InChI is InChI=1S/C14H24N2/c1-13(16-9-3-4-10-16)12-14-6-5-8-15(2)11-7-14/h3-4,9-10,13-14H,5-8,11-12H2,1-2H3. The van der Waals surface area contributed by atoms with Crippen molar-refractivity contribution in [3.63, 3.8) is 0 Å². The highest BCUT2D eigenvalue weighted by Gasteiger charge is 2.17. The molecule has 0 bridgehead atoms. The maximum atomic E-state index is 2.47. The summed E-state index contributed by atoms with van der Waals surface area (Å²) < 4.78 is 2.34. The van der Waals surface area contributed by atoms with Crippen LogP contribution < -0.4 is 0 Å². The Morgan fingerprint density at radius 3 is 2.69 bits per heavy atom. The molecule has 2 nitrogen and oxygen atoms in total. The third-order valence-corrected chi connectivity index (χ3v) is 3.88. The van der Waals surface area contributed by atoms with E-state index in [1.165, 1.54) is 38.8 Å². The molecular weight excluding hydrogens is 196 g/mol. The van der Waals surface area contributed by atoms with Gasteiger partial charge in [0.2, 0.25) is 0 Å². The van der Waals surface area contributed by atoms with Gasteiger partial charge in [0.15, 0.2) is 0 Å². The lowest BCUT2D eigenvalue weighted by molar-refractivity contribution is 0.323. The molecule has 0 N–H and O–H groups in total. The van der Waals surface area contributed by atoms with Crippen molar-refractivity contribution in [1.29, 1.82) is 0 Å². The number of likely N-dealkylation sites (tertiary alicyclic amines) is 1. The molecule has 2 rings (SSSR count). The van der Waals surface area contributed by atoms with E-state index >= 15 is 0 Å². The van der Waals surface area contributed by atoms with Crippen LogP contribution >= 0.6 is 0 Å². The van der Waals surface area contributed by atoms with E-state index in [9.17, 15) is 0 Å². The van der Waals surface area contributed by atoms with Crippen LogP contribution in [0.15, 0.2) is 24.5 Å². The van der Waals surface area contributed by atoms with Gasteiger partial charge in [0.25, 0.3) is 0 Å². The van der Waals surface area contributed by atoms with Gasteiger partial charge in [-0.1, -0.05) is 0 Å². The minimum absolute atomic E-state index is 0.656.